The minimum Gasteiger partial charge on any atom is -0.479 e. The predicted molar refractivity (Wildman–Crippen MR) is 121 cm³/mol. The lowest BCUT2D eigenvalue weighted by Crippen LogP contribution is -2.39. The molecule has 1 aromatic rings. The number of nitrogens with zero attached hydrogens (tertiary/aromatic N) is 2. The monoisotopic (exact) mass is 415 g/mol. The van der Waals surface area contributed by atoms with Gasteiger partial charge in [0.15, 0.2) is 6.10 Å². The van der Waals surface area contributed by atoms with Crippen LogP contribution in [-0.4, -0.2) is 47.8 Å². The third-order valence-corrected chi connectivity index (χ3v) is 6.09. The molecule has 6 heteroatoms. The molecule has 0 saturated carbocycles. The number of rotatable bonds is 5. The third-order valence-electron chi connectivity index (χ3n) is 6.09. The Balaban J connectivity index is 2.17. The number of aryl methyl sites for hydroxylation is 1. The SMILES string of the molecule is Cc1ncc(C2=CCNCC2)c(N2CCC(C)(C)CC2)c1[C@H](OC(C)(C)C)C(=O)O. The number of piperidine rings is 1. The summed E-state index contributed by atoms with van der Waals surface area (Å²) in [6.45, 7) is 15.8. The van der Waals surface area contributed by atoms with Gasteiger partial charge in [-0.2, -0.15) is 0 Å². The number of anilines is 1. The number of ether oxygens (including phenoxy) is 1. The van der Waals surface area contributed by atoms with Gasteiger partial charge in [-0.15, -0.1) is 0 Å². The second kappa shape index (κ2) is 8.67. The molecule has 1 atom stereocenters. The van der Waals surface area contributed by atoms with Crippen LogP contribution in [0.15, 0.2) is 12.3 Å². The fourth-order valence-electron chi connectivity index (χ4n) is 4.29. The second-order valence-corrected chi connectivity index (χ2v) is 10.3. The molecule has 0 bridgehead atoms. The van der Waals surface area contributed by atoms with Crippen LogP contribution in [0.1, 0.15) is 76.8 Å². The van der Waals surface area contributed by atoms with Gasteiger partial charge in [0.25, 0.3) is 0 Å². The van der Waals surface area contributed by atoms with E-state index in [0.717, 1.165) is 62.4 Å². The highest BCUT2D eigenvalue weighted by molar-refractivity contribution is 5.85. The molecule has 3 heterocycles. The van der Waals surface area contributed by atoms with Crippen molar-refractivity contribution in [2.45, 2.75) is 72.5 Å². The molecule has 2 aliphatic heterocycles. The summed E-state index contributed by atoms with van der Waals surface area (Å²) in [4.78, 5) is 19.4. The van der Waals surface area contributed by atoms with Crippen molar-refractivity contribution in [3.8, 4) is 0 Å². The molecule has 6 nitrogen and oxygen atoms in total. The Morgan fingerprint density at radius 2 is 1.97 bits per heavy atom. The molecule has 0 unspecified atom stereocenters. The van der Waals surface area contributed by atoms with Crippen molar-refractivity contribution in [3.63, 3.8) is 0 Å². The van der Waals surface area contributed by atoms with E-state index in [1.807, 2.05) is 33.9 Å². The first-order valence-electron chi connectivity index (χ1n) is 11.0. The van der Waals surface area contributed by atoms with Crippen LogP contribution in [0.25, 0.3) is 5.57 Å². The first-order chi connectivity index (χ1) is 14.0. The van der Waals surface area contributed by atoms with Crippen molar-refractivity contribution in [1.29, 1.82) is 0 Å². The van der Waals surface area contributed by atoms with E-state index >= 15 is 0 Å². The highest BCUT2D eigenvalue weighted by Gasteiger charge is 2.36. The molecule has 0 amide bonds. The quantitative estimate of drug-likeness (QED) is 0.745. The number of carboxylic acid groups (broad SMARTS) is 1. The predicted octanol–water partition coefficient (Wildman–Crippen LogP) is 4.33. The van der Waals surface area contributed by atoms with E-state index in [0.29, 0.717) is 11.0 Å². The largest absolute Gasteiger partial charge is 0.479 e. The molecular formula is C24H37N3O3. The molecule has 166 valence electrons. The Morgan fingerprint density at radius 3 is 2.50 bits per heavy atom. The number of pyridine rings is 1. The van der Waals surface area contributed by atoms with Crippen molar-refractivity contribution in [2.24, 2.45) is 5.41 Å². The van der Waals surface area contributed by atoms with E-state index in [4.69, 9.17) is 4.74 Å². The number of hydrogen-bond acceptors (Lipinski definition) is 5. The van der Waals surface area contributed by atoms with Gasteiger partial charge in [0.2, 0.25) is 0 Å². The normalized spacial score (nSPS) is 20.6. The Hall–Kier alpha value is -1.92. The summed E-state index contributed by atoms with van der Waals surface area (Å²) in [5.41, 5.74) is 4.45. The maximum atomic E-state index is 12.4. The Morgan fingerprint density at radius 1 is 1.30 bits per heavy atom. The molecule has 3 rings (SSSR count). The summed E-state index contributed by atoms with van der Waals surface area (Å²) in [5, 5.41) is 13.5. The van der Waals surface area contributed by atoms with Crippen LogP contribution in [0.4, 0.5) is 5.69 Å². The van der Waals surface area contributed by atoms with Crippen molar-refractivity contribution in [2.75, 3.05) is 31.1 Å². The summed E-state index contributed by atoms with van der Waals surface area (Å²) >= 11 is 0. The van der Waals surface area contributed by atoms with Gasteiger partial charge in [0.1, 0.15) is 0 Å². The zero-order chi connectivity index (χ0) is 22.1. The maximum Gasteiger partial charge on any atom is 0.337 e. The number of carbonyl (C=O) groups is 1. The summed E-state index contributed by atoms with van der Waals surface area (Å²) in [6, 6.07) is 0. The highest BCUT2D eigenvalue weighted by atomic mass is 16.5. The molecule has 0 aromatic carbocycles. The fraction of sp³-hybridized carbons (Fsp3) is 0.667. The van der Waals surface area contributed by atoms with Gasteiger partial charge in [0.05, 0.1) is 11.3 Å². The second-order valence-electron chi connectivity index (χ2n) is 10.3. The number of nitrogens with one attached hydrogen (secondary N) is 1. The lowest BCUT2D eigenvalue weighted by molar-refractivity contribution is -0.160. The van der Waals surface area contributed by atoms with Crippen LogP contribution in [0, 0.1) is 12.3 Å². The number of carboxylic acids is 1. The van der Waals surface area contributed by atoms with Crippen molar-refractivity contribution >= 4 is 17.2 Å². The Kier molecular flexibility index (Phi) is 6.58. The van der Waals surface area contributed by atoms with Gasteiger partial charge in [-0.25, -0.2) is 4.79 Å². The topological polar surface area (TPSA) is 74.7 Å². The van der Waals surface area contributed by atoms with E-state index in [-0.39, 0.29) is 0 Å². The molecule has 2 N–H and O–H groups in total. The molecule has 0 radical (unpaired) electrons. The van der Waals surface area contributed by atoms with Crippen LogP contribution < -0.4 is 10.2 Å². The molecule has 0 aliphatic carbocycles. The molecule has 30 heavy (non-hydrogen) atoms. The average molecular weight is 416 g/mol. The van der Waals surface area contributed by atoms with Crippen LogP contribution >= 0.6 is 0 Å². The molecular weight excluding hydrogens is 378 g/mol. The molecule has 0 spiro atoms. The summed E-state index contributed by atoms with van der Waals surface area (Å²) in [7, 11) is 0. The highest BCUT2D eigenvalue weighted by Crippen LogP contribution is 2.42. The minimum absolute atomic E-state index is 0.307. The number of aliphatic carboxylic acids is 1. The lowest BCUT2D eigenvalue weighted by Gasteiger charge is -2.41. The molecule has 2 aliphatic rings. The fourth-order valence-corrected chi connectivity index (χ4v) is 4.29. The third kappa shape index (κ3) is 5.22. The lowest BCUT2D eigenvalue weighted by atomic mass is 9.82. The summed E-state index contributed by atoms with van der Waals surface area (Å²) in [5.74, 6) is -0.968. The van der Waals surface area contributed by atoms with E-state index in [2.05, 4.69) is 35.1 Å². The van der Waals surface area contributed by atoms with Crippen LogP contribution in [0.3, 0.4) is 0 Å². The Bertz CT molecular complexity index is 814. The Labute approximate surface area is 180 Å². The molecule has 1 saturated heterocycles. The van der Waals surface area contributed by atoms with Crippen LogP contribution in [0.2, 0.25) is 0 Å². The van der Waals surface area contributed by atoms with E-state index in [1.165, 1.54) is 5.57 Å². The van der Waals surface area contributed by atoms with Gasteiger partial charge in [0, 0.05) is 42.7 Å². The molecule has 1 aromatic heterocycles. The van der Waals surface area contributed by atoms with Gasteiger partial charge in [-0.05, 0) is 64.5 Å². The van der Waals surface area contributed by atoms with Gasteiger partial charge >= 0.3 is 5.97 Å². The van der Waals surface area contributed by atoms with E-state index in [1.54, 1.807) is 0 Å². The summed E-state index contributed by atoms with van der Waals surface area (Å²) in [6.07, 6.45) is 6.15. The van der Waals surface area contributed by atoms with E-state index < -0.39 is 17.7 Å². The average Bonchev–Trinajstić information content (AvgIpc) is 2.66. The van der Waals surface area contributed by atoms with Crippen molar-refractivity contribution in [3.05, 3.63) is 29.1 Å². The zero-order valence-corrected chi connectivity index (χ0v) is 19.3. The van der Waals surface area contributed by atoms with Crippen molar-refractivity contribution in [1.82, 2.24) is 10.3 Å². The van der Waals surface area contributed by atoms with Gasteiger partial charge < -0.3 is 20.1 Å². The first kappa shape index (κ1) is 22.8. The number of hydrogen-bond donors (Lipinski definition) is 2. The first-order valence-corrected chi connectivity index (χ1v) is 11.0. The molecule has 1 fully saturated rings. The van der Waals surface area contributed by atoms with Crippen molar-refractivity contribution < 1.29 is 14.6 Å². The minimum atomic E-state index is -1.05. The number of aromatic nitrogens is 1. The standard InChI is InChI=1S/C24H37N3O3/c1-16-19(21(22(28)29)30-23(2,3)4)20(27-13-9-24(5,6)10-14-27)18(15-26-16)17-7-11-25-12-8-17/h7,15,21,25H,8-14H2,1-6H3,(H,28,29)/t21-/m0/s1. The van der Waals surface area contributed by atoms with Crippen LogP contribution in [-0.2, 0) is 9.53 Å². The van der Waals surface area contributed by atoms with Gasteiger partial charge in [-0.1, -0.05) is 19.9 Å². The van der Waals surface area contributed by atoms with E-state index in [9.17, 15) is 9.90 Å². The summed E-state index contributed by atoms with van der Waals surface area (Å²) < 4.78 is 6.08. The smallest absolute Gasteiger partial charge is 0.337 e. The zero-order valence-electron chi connectivity index (χ0n) is 19.3. The maximum absolute atomic E-state index is 12.4. The van der Waals surface area contributed by atoms with Gasteiger partial charge in [-0.3, -0.25) is 4.98 Å². The van der Waals surface area contributed by atoms with Crippen LogP contribution in [0.5, 0.6) is 0 Å².